The molecule has 3 aromatic carbocycles. The van der Waals surface area contributed by atoms with Crippen molar-refractivity contribution in [1.29, 1.82) is 0 Å². The van der Waals surface area contributed by atoms with Crippen molar-refractivity contribution in [3.05, 3.63) is 99.1 Å². The van der Waals surface area contributed by atoms with E-state index in [0.29, 0.717) is 22.5 Å². The maximum atomic E-state index is 14.2. The van der Waals surface area contributed by atoms with Crippen molar-refractivity contribution in [2.45, 2.75) is 37.1 Å². The summed E-state index contributed by atoms with van der Waals surface area (Å²) in [5, 5.41) is 8.67. The second kappa shape index (κ2) is 9.62. The minimum Gasteiger partial charge on any atom is -0.268 e. The lowest BCUT2D eigenvalue weighted by Gasteiger charge is -2.13. The van der Waals surface area contributed by atoms with E-state index >= 15 is 0 Å². The van der Waals surface area contributed by atoms with Gasteiger partial charge in [0.1, 0.15) is 0 Å². The van der Waals surface area contributed by atoms with Gasteiger partial charge in [0.15, 0.2) is 28.4 Å². The minimum absolute atomic E-state index is 0.111. The maximum absolute atomic E-state index is 14.2. The molecule has 0 fully saturated rings. The van der Waals surface area contributed by atoms with Crippen LogP contribution in [0.1, 0.15) is 37.3 Å². The molecule has 1 atom stereocenters. The summed E-state index contributed by atoms with van der Waals surface area (Å²) in [5.41, 5.74) is 0.757. The highest BCUT2D eigenvalue weighted by Crippen LogP contribution is 2.30. The van der Waals surface area contributed by atoms with E-state index in [1.165, 1.54) is 8.97 Å². The maximum Gasteiger partial charge on any atom is 0.267 e. The molecule has 5 rings (SSSR count). The van der Waals surface area contributed by atoms with Crippen molar-refractivity contribution in [2.24, 2.45) is 0 Å². The Balaban J connectivity index is 1.66. The molecule has 0 amide bonds. The average Bonchev–Trinajstić information content (AvgIpc) is 3.34. The number of thioether (sulfide) groups is 1. The Hall–Kier alpha value is -3.73. The van der Waals surface area contributed by atoms with E-state index in [9.17, 15) is 26.7 Å². The van der Waals surface area contributed by atoms with Crippen LogP contribution < -0.4 is 5.56 Å². The van der Waals surface area contributed by atoms with Crippen molar-refractivity contribution >= 4 is 28.4 Å². The van der Waals surface area contributed by atoms with E-state index < -0.39 is 40.4 Å². The van der Waals surface area contributed by atoms with Gasteiger partial charge in [-0.25, -0.2) is 26.5 Å². The number of hydrogen-bond acceptors (Lipinski definition) is 4. The molecule has 190 valence electrons. The van der Waals surface area contributed by atoms with E-state index in [0.717, 1.165) is 23.7 Å². The first-order valence-corrected chi connectivity index (χ1v) is 12.3. The zero-order valence-corrected chi connectivity index (χ0v) is 20.4. The van der Waals surface area contributed by atoms with E-state index in [4.69, 9.17) is 0 Å². The molecule has 5 aromatic rings. The molecule has 0 aliphatic rings. The Morgan fingerprint density at radius 1 is 0.865 bits per heavy atom. The van der Waals surface area contributed by atoms with Gasteiger partial charge in [-0.2, -0.15) is 0 Å². The normalized spacial score (nSPS) is 12.5. The fourth-order valence-electron chi connectivity index (χ4n) is 4.11. The summed E-state index contributed by atoms with van der Waals surface area (Å²) in [5.74, 6) is -10.2. The van der Waals surface area contributed by atoms with Crippen LogP contribution in [0.2, 0.25) is 0 Å². The molecule has 0 spiro atoms. The monoisotopic (exact) mass is 530 g/mol. The smallest absolute Gasteiger partial charge is 0.267 e. The highest BCUT2D eigenvalue weighted by atomic mass is 32.2. The van der Waals surface area contributed by atoms with Crippen molar-refractivity contribution in [3.8, 4) is 5.69 Å². The lowest BCUT2D eigenvalue weighted by Crippen LogP contribution is -2.21. The van der Waals surface area contributed by atoms with Crippen LogP contribution in [0.4, 0.5) is 22.0 Å². The number of para-hydroxylation sites is 1. The molecule has 0 radical (unpaired) electrons. The van der Waals surface area contributed by atoms with E-state index in [2.05, 4.69) is 24.0 Å². The van der Waals surface area contributed by atoms with Gasteiger partial charge in [0.05, 0.1) is 16.6 Å². The Morgan fingerprint density at radius 3 is 2.14 bits per heavy atom. The van der Waals surface area contributed by atoms with Crippen molar-refractivity contribution in [1.82, 2.24) is 19.2 Å². The van der Waals surface area contributed by atoms with Crippen LogP contribution in [0.3, 0.4) is 0 Å². The van der Waals surface area contributed by atoms with Gasteiger partial charge >= 0.3 is 0 Å². The Labute approximate surface area is 211 Å². The molecular formula is C26H19F5N4OS. The Bertz CT molecular complexity index is 1690. The summed E-state index contributed by atoms with van der Waals surface area (Å²) in [4.78, 5) is 13.5. The van der Waals surface area contributed by atoms with Gasteiger partial charge in [-0.3, -0.25) is 9.20 Å². The zero-order chi connectivity index (χ0) is 26.4. The number of fused-ring (bicyclic) bond motifs is 3. The van der Waals surface area contributed by atoms with Crippen molar-refractivity contribution in [3.63, 3.8) is 0 Å². The fourth-order valence-corrected chi connectivity index (χ4v) is 5.04. The van der Waals surface area contributed by atoms with Gasteiger partial charge in [0.2, 0.25) is 11.6 Å². The summed E-state index contributed by atoms with van der Waals surface area (Å²) in [6.45, 7) is 4.18. The number of benzene rings is 3. The predicted octanol–water partition coefficient (Wildman–Crippen LogP) is 6.53. The van der Waals surface area contributed by atoms with Crippen LogP contribution in [-0.2, 0) is 5.75 Å². The van der Waals surface area contributed by atoms with Gasteiger partial charge in [0.25, 0.3) is 5.56 Å². The molecule has 0 saturated heterocycles. The summed E-state index contributed by atoms with van der Waals surface area (Å²) in [7, 11) is 0. The van der Waals surface area contributed by atoms with Crippen LogP contribution in [-0.4, -0.2) is 19.2 Å². The molecule has 2 heterocycles. The molecule has 0 aliphatic heterocycles. The van der Waals surface area contributed by atoms with Crippen LogP contribution in [0, 0.1) is 29.1 Å². The van der Waals surface area contributed by atoms with Crippen LogP contribution in [0.5, 0.6) is 0 Å². The third-order valence-corrected chi connectivity index (χ3v) is 7.33. The number of aromatic nitrogens is 4. The average molecular weight is 531 g/mol. The van der Waals surface area contributed by atoms with E-state index in [1.807, 2.05) is 12.1 Å². The minimum atomic E-state index is -2.22. The van der Waals surface area contributed by atoms with Gasteiger partial charge < -0.3 is 0 Å². The van der Waals surface area contributed by atoms with Crippen LogP contribution >= 0.6 is 11.8 Å². The molecular weight excluding hydrogens is 511 g/mol. The molecule has 0 N–H and O–H groups in total. The number of nitrogens with zero attached hydrogens (tertiary/aromatic N) is 4. The largest absolute Gasteiger partial charge is 0.268 e. The Morgan fingerprint density at radius 2 is 1.49 bits per heavy atom. The number of halogens is 5. The zero-order valence-electron chi connectivity index (χ0n) is 19.6. The first-order valence-electron chi connectivity index (χ1n) is 11.4. The molecule has 2 aromatic heterocycles. The van der Waals surface area contributed by atoms with Crippen LogP contribution in [0.15, 0.2) is 58.5 Å². The van der Waals surface area contributed by atoms with Gasteiger partial charge in [-0.05, 0) is 42.2 Å². The lowest BCUT2D eigenvalue weighted by molar-refractivity contribution is 0.372. The highest BCUT2D eigenvalue weighted by molar-refractivity contribution is 7.98. The molecule has 0 aliphatic carbocycles. The highest BCUT2D eigenvalue weighted by Gasteiger charge is 2.26. The third kappa shape index (κ3) is 4.07. The third-order valence-electron chi connectivity index (χ3n) is 6.37. The second-order valence-corrected chi connectivity index (χ2v) is 9.46. The summed E-state index contributed by atoms with van der Waals surface area (Å²) in [6.07, 6.45) is 0.952. The number of hydrogen-bond donors (Lipinski definition) is 0. The quantitative estimate of drug-likeness (QED) is 0.108. The van der Waals surface area contributed by atoms with Crippen LogP contribution in [0.25, 0.3) is 22.4 Å². The molecule has 0 saturated carbocycles. The summed E-state index contributed by atoms with van der Waals surface area (Å²) < 4.78 is 72.1. The lowest BCUT2D eigenvalue weighted by atomic mass is 9.98. The Kier molecular flexibility index (Phi) is 6.49. The molecule has 37 heavy (non-hydrogen) atoms. The van der Waals surface area contributed by atoms with E-state index in [1.54, 1.807) is 36.4 Å². The fraction of sp³-hybridized carbons (Fsp3) is 0.192. The molecule has 11 heteroatoms. The first-order chi connectivity index (χ1) is 17.7. The SMILES string of the molecule is CC[C@H](C)c1ccc(-n2c(=O)c3ccccc3n3c(SCc4c(F)c(F)c(F)c(F)c4F)nnc23)cc1. The molecule has 5 nitrogen and oxygen atoms in total. The topological polar surface area (TPSA) is 52.2 Å². The first kappa shape index (κ1) is 24.9. The summed E-state index contributed by atoms with van der Waals surface area (Å²) >= 11 is 0.733. The predicted molar refractivity (Wildman–Crippen MR) is 131 cm³/mol. The van der Waals surface area contributed by atoms with Crippen molar-refractivity contribution < 1.29 is 22.0 Å². The number of rotatable bonds is 6. The second-order valence-electron chi connectivity index (χ2n) is 8.51. The van der Waals surface area contributed by atoms with Gasteiger partial charge in [0, 0.05) is 11.3 Å². The summed E-state index contributed by atoms with van der Waals surface area (Å²) in [6, 6.07) is 14.1. The standard InChI is InChI=1S/C26H19F5N4OS/c1-3-13(2)14-8-10-15(11-9-14)34-24(36)16-6-4-5-7-18(16)35-25(34)32-33-26(35)37-12-17-19(27)21(29)23(31)22(30)20(17)28/h4-11,13H,3,12H2,1-2H3/t13-/m0/s1. The van der Waals surface area contributed by atoms with Crippen molar-refractivity contribution in [2.75, 3.05) is 0 Å². The van der Waals surface area contributed by atoms with Gasteiger partial charge in [-0.15, -0.1) is 10.2 Å². The molecule has 0 bridgehead atoms. The van der Waals surface area contributed by atoms with E-state index in [-0.39, 0.29) is 16.5 Å². The molecule has 0 unspecified atom stereocenters. The van der Waals surface area contributed by atoms with Gasteiger partial charge in [-0.1, -0.05) is 49.9 Å².